The van der Waals surface area contributed by atoms with Gasteiger partial charge >= 0.3 is 0 Å². The third-order valence-corrected chi connectivity index (χ3v) is 6.39. The van der Waals surface area contributed by atoms with E-state index in [1.807, 2.05) is 43.4 Å². The van der Waals surface area contributed by atoms with Crippen molar-refractivity contribution in [2.24, 2.45) is 11.1 Å². The van der Waals surface area contributed by atoms with Crippen molar-refractivity contribution in [3.63, 3.8) is 0 Å². The predicted molar refractivity (Wildman–Crippen MR) is 136 cm³/mol. The van der Waals surface area contributed by atoms with E-state index in [9.17, 15) is 5.21 Å². The summed E-state index contributed by atoms with van der Waals surface area (Å²) in [5.41, 5.74) is 3.40. The fraction of sp³-hybridized carbons (Fsp3) is 0.429. The zero-order valence-electron chi connectivity index (χ0n) is 19.8. The first-order chi connectivity index (χ1) is 16.2. The van der Waals surface area contributed by atoms with E-state index in [1.165, 1.54) is 38.5 Å². The molecular weight excluding hydrogens is 410 g/mol. The van der Waals surface area contributed by atoms with E-state index in [-0.39, 0.29) is 0 Å². The molecule has 5 nitrogen and oxygen atoms in total. The minimum Gasteiger partial charge on any atom is -0.493 e. The molecule has 4 rings (SSSR count). The Morgan fingerprint density at radius 2 is 2.06 bits per heavy atom. The normalized spacial score (nSPS) is 19.3. The average Bonchev–Trinajstić information content (AvgIpc) is 3.56. The summed E-state index contributed by atoms with van der Waals surface area (Å²) in [5, 5.41) is 18.6. The van der Waals surface area contributed by atoms with E-state index in [0.717, 1.165) is 40.1 Å². The van der Waals surface area contributed by atoms with Gasteiger partial charge in [-0.2, -0.15) is 5.10 Å². The Labute approximate surface area is 196 Å². The highest BCUT2D eigenvalue weighted by atomic mass is 16.5. The summed E-state index contributed by atoms with van der Waals surface area (Å²) in [5.74, 6) is 1.82. The van der Waals surface area contributed by atoms with Gasteiger partial charge in [-0.25, -0.2) is 0 Å². The first kappa shape index (κ1) is 23.1. The van der Waals surface area contributed by atoms with Crippen LogP contribution in [0.15, 0.2) is 65.5 Å². The van der Waals surface area contributed by atoms with Gasteiger partial charge in [0.25, 0.3) is 0 Å². The summed E-state index contributed by atoms with van der Waals surface area (Å²) in [6.45, 7) is 4.85. The summed E-state index contributed by atoms with van der Waals surface area (Å²) in [6, 6.07) is 4.67. The lowest BCUT2D eigenvalue weighted by atomic mass is 10.0. The van der Waals surface area contributed by atoms with Crippen molar-refractivity contribution < 1.29 is 9.94 Å². The van der Waals surface area contributed by atoms with Crippen LogP contribution >= 0.6 is 0 Å². The second-order valence-corrected chi connectivity index (χ2v) is 8.99. The molecule has 174 valence electrons. The molecule has 0 aliphatic heterocycles. The molecule has 2 aliphatic carbocycles. The van der Waals surface area contributed by atoms with Crippen molar-refractivity contribution >= 4 is 22.7 Å². The fourth-order valence-corrected chi connectivity index (χ4v) is 4.45. The highest BCUT2D eigenvalue weighted by molar-refractivity contribution is 6.11. The monoisotopic (exact) mass is 445 g/mol. The molecule has 1 heterocycles. The van der Waals surface area contributed by atoms with Crippen LogP contribution in [-0.4, -0.2) is 27.3 Å². The molecule has 1 aromatic carbocycles. The van der Waals surface area contributed by atoms with E-state index >= 15 is 0 Å². The lowest BCUT2D eigenvalue weighted by molar-refractivity contribution is 0.320. The molecule has 2 aromatic rings. The predicted octanol–water partition coefficient (Wildman–Crippen LogP) is 7.25. The minimum absolute atomic E-state index is 0.461. The maximum Gasteiger partial charge on any atom is 0.128 e. The number of nitrogens with zero attached hydrogens (tertiary/aromatic N) is 3. The lowest BCUT2D eigenvalue weighted by Crippen LogP contribution is -2.09. The van der Waals surface area contributed by atoms with Gasteiger partial charge in [-0.15, -0.1) is 0 Å². The van der Waals surface area contributed by atoms with E-state index < -0.39 is 0 Å². The third kappa shape index (κ3) is 6.04. The number of allylic oxidation sites excluding steroid dienone is 7. The van der Waals surface area contributed by atoms with Crippen molar-refractivity contribution in [1.29, 1.82) is 0 Å². The molecule has 33 heavy (non-hydrogen) atoms. The Balaban J connectivity index is 1.57. The van der Waals surface area contributed by atoms with Crippen molar-refractivity contribution in [2.75, 3.05) is 6.61 Å². The molecule has 1 atom stereocenters. The summed E-state index contributed by atoms with van der Waals surface area (Å²) < 4.78 is 8.13. The van der Waals surface area contributed by atoms with Gasteiger partial charge in [-0.05, 0) is 37.8 Å². The molecule has 0 amide bonds. The molecule has 1 aromatic heterocycles. The van der Waals surface area contributed by atoms with Crippen LogP contribution in [0.1, 0.15) is 70.4 Å². The number of hydrogen-bond acceptors (Lipinski definition) is 4. The molecule has 2 aliphatic rings. The van der Waals surface area contributed by atoms with Gasteiger partial charge in [-0.3, -0.25) is 4.68 Å². The Morgan fingerprint density at radius 1 is 1.21 bits per heavy atom. The summed E-state index contributed by atoms with van der Waals surface area (Å²) in [6.07, 6.45) is 24.7. The minimum atomic E-state index is 0.461. The summed E-state index contributed by atoms with van der Waals surface area (Å²) >= 11 is 0. The van der Waals surface area contributed by atoms with Crippen LogP contribution in [0.5, 0.6) is 5.75 Å². The molecule has 1 saturated carbocycles. The van der Waals surface area contributed by atoms with Crippen LogP contribution in [0.4, 0.5) is 0 Å². The number of rotatable bonds is 11. The second-order valence-electron chi connectivity index (χ2n) is 8.99. The van der Waals surface area contributed by atoms with Crippen LogP contribution in [0.25, 0.3) is 17.0 Å². The molecule has 1 unspecified atom stereocenters. The fourth-order valence-electron chi connectivity index (χ4n) is 4.45. The molecule has 1 fully saturated rings. The summed E-state index contributed by atoms with van der Waals surface area (Å²) in [4.78, 5) is 0. The van der Waals surface area contributed by atoms with Crippen LogP contribution in [0.2, 0.25) is 0 Å². The van der Waals surface area contributed by atoms with Crippen LogP contribution in [0, 0.1) is 5.92 Å². The lowest BCUT2D eigenvalue weighted by Gasteiger charge is -2.16. The first-order valence-corrected chi connectivity index (χ1v) is 12.3. The maximum atomic E-state index is 9.19. The number of hydrogen-bond donors (Lipinski definition) is 1. The van der Waals surface area contributed by atoms with Crippen molar-refractivity contribution in [3.8, 4) is 5.75 Å². The number of aromatic nitrogens is 2. The van der Waals surface area contributed by atoms with Crippen molar-refractivity contribution in [1.82, 2.24) is 9.78 Å². The second kappa shape index (κ2) is 11.2. The first-order valence-electron chi connectivity index (χ1n) is 12.3. The quantitative estimate of drug-likeness (QED) is 0.293. The topological polar surface area (TPSA) is 59.6 Å². The Bertz CT molecular complexity index is 1100. The summed E-state index contributed by atoms with van der Waals surface area (Å²) in [7, 11) is 0. The van der Waals surface area contributed by atoms with Gasteiger partial charge in [0, 0.05) is 28.8 Å². The molecule has 0 spiro atoms. The van der Waals surface area contributed by atoms with Crippen molar-refractivity contribution in [3.05, 3.63) is 65.9 Å². The maximum absolute atomic E-state index is 9.19. The SMILES string of the molecule is CCCC(CCCC1CC1)n1cc2cc(/C=C/C=C3/C=CC=C/C3=N\O)c(OCC)cc2n1. The number of oxime groups is 1. The van der Waals surface area contributed by atoms with Gasteiger partial charge in [0.15, 0.2) is 0 Å². The molecule has 1 N–H and O–H groups in total. The van der Waals surface area contributed by atoms with Crippen LogP contribution < -0.4 is 4.74 Å². The Morgan fingerprint density at radius 3 is 2.82 bits per heavy atom. The highest BCUT2D eigenvalue weighted by Gasteiger charge is 2.21. The van der Waals surface area contributed by atoms with Gasteiger partial charge in [0.2, 0.25) is 0 Å². The van der Waals surface area contributed by atoms with Crippen LogP contribution in [0.3, 0.4) is 0 Å². The van der Waals surface area contributed by atoms with E-state index in [0.29, 0.717) is 18.4 Å². The number of benzene rings is 1. The zero-order valence-corrected chi connectivity index (χ0v) is 19.8. The molecule has 0 saturated heterocycles. The van der Waals surface area contributed by atoms with Gasteiger partial charge in [-0.1, -0.05) is 80.6 Å². The van der Waals surface area contributed by atoms with Crippen molar-refractivity contribution in [2.45, 2.75) is 64.8 Å². The number of fused-ring (bicyclic) bond motifs is 1. The number of ether oxygens (including phenoxy) is 1. The highest BCUT2D eigenvalue weighted by Crippen LogP contribution is 2.35. The Hall–Kier alpha value is -3.08. The molecule has 5 heteroatoms. The molecular formula is C28H35N3O2. The van der Waals surface area contributed by atoms with E-state index in [2.05, 4.69) is 35.1 Å². The van der Waals surface area contributed by atoms with Gasteiger partial charge < -0.3 is 9.94 Å². The third-order valence-electron chi connectivity index (χ3n) is 6.39. The average molecular weight is 446 g/mol. The van der Waals surface area contributed by atoms with Gasteiger partial charge in [0.1, 0.15) is 11.5 Å². The van der Waals surface area contributed by atoms with E-state index in [1.54, 1.807) is 6.08 Å². The van der Waals surface area contributed by atoms with E-state index in [4.69, 9.17) is 9.84 Å². The zero-order chi connectivity index (χ0) is 23.0. The molecule has 0 bridgehead atoms. The standard InChI is InChI=1S/C28H35N3O2/c1-3-9-25(14-7-10-21-16-17-21)31-20-24-18-23(28(33-4-2)19-27(24)29-31)13-8-12-22-11-5-6-15-26(22)30-32/h5-6,8,11-13,15,18-21,25,32H,3-4,7,9-10,14,16-17H2,1-2H3/b13-8+,22-12-,30-26+. The largest absolute Gasteiger partial charge is 0.493 e. The smallest absolute Gasteiger partial charge is 0.128 e. The Kier molecular flexibility index (Phi) is 7.82. The van der Waals surface area contributed by atoms with Crippen LogP contribution in [-0.2, 0) is 0 Å². The molecule has 0 radical (unpaired) electrons. The van der Waals surface area contributed by atoms with Gasteiger partial charge in [0.05, 0.1) is 18.2 Å².